The number of hydrogen-bond acceptors (Lipinski definition) is 1. The highest BCUT2D eigenvalue weighted by Gasteiger charge is 2.12. The van der Waals surface area contributed by atoms with Gasteiger partial charge in [-0.25, -0.2) is 4.39 Å². The highest BCUT2D eigenvalue weighted by Crippen LogP contribution is 2.24. The molecule has 1 aromatic heterocycles. The van der Waals surface area contributed by atoms with Gasteiger partial charge in [-0.2, -0.15) is 0 Å². The van der Waals surface area contributed by atoms with Crippen LogP contribution in [0.5, 0.6) is 0 Å². The summed E-state index contributed by atoms with van der Waals surface area (Å²) in [5.74, 6) is 0.0580. The molecule has 0 bridgehead atoms. The SMILES string of the molecule is Fc1cccc(C(CBr)Cc2cncc(Br)c2)c1. The number of pyridine rings is 1. The zero-order valence-corrected chi connectivity index (χ0v) is 12.8. The third kappa shape index (κ3) is 3.62. The number of nitrogens with zero attached hydrogens (tertiary/aromatic N) is 1. The molecule has 18 heavy (non-hydrogen) atoms. The van der Waals surface area contributed by atoms with E-state index in [1.807, 2.05) is 18.3 Å². The number of aromatic nitrogens is 1. The number of hydrogen-bond donors (Lipinski definition) is 0. The fourth-order valence-corrected chi connectivity index (χ4v) is 2.89. The first-order valence-corrected chi connectivity index (χ1v) is 7.51. The largest absolute Gasteiger partial charge is 0.263 e. The van der Waals surface area contributed by atoms with Crippen LogP contribution in [-0.2, 0) is 6.42 Å². The molecular weight excluding hydrogens is 361 g/mol. The summed E-state index contributed by atoms with van der Waals surface area (Å²) < 4.78 is 14.2. The molecule has 0 aliphatic heterocycles. The average molecular weight is 373 g/mol. The topological polar surface area (TPSA) is 12.9 Å². The van der Waals surface area contributed by atoms with Gasteiger partial charge in [-0.15, -0.1) is 0 Å². The Morgan fingerprint density at radius 2 is 2.06 bits per heavy atom. The van der Waals surface area contributed by atoms with E-state index in [0.29, 0.717) is 0 Å². The summed E-state index contributed by atoms with van der Waals surface area (Å²) in [7, 11) is 0. The quantitative estimate of drug-likeness (QED) is 0.708. The number of alkyl halides is 1. The maximum atomic E-state index is 13.2. The lowest BCUT2D eigenvalue weighted by atomic mass is 9.94. The molecule has 2 rings (SSSR count). The first kappa shape index (κ1) is 13.7. The van der Waals surface area contributed by atoms with Gasteiger partial charge in [0.1, 0.15) is 5.82 Å². The van der Waals surface area contributed by atoms with Gasteiger partial charge in [-0.3, -0.25) is 4.98 Å². The van der Waals surface area contributed by atoms with Crippen LogP contribution < -0.4 is 0 Å². The van der Waals surface area contributed by atoms with Gasteiger partial charge in [-0.1, -0.05) is 28.1 Å². The lowest BCUT2D eigenvalue weighted by Gasteiger charge is -2.14. The second-order valence-corrected chi connectivity index (χ2v) is 5.68. The summed E-state index contributed by atoms with van der Waals surface area (Å²) in [6.45, 7) is 0. The molecule has 1 aromatic carbocycles. The second kappa shape index (κ2) is 6.43. The molecule has 0 saturated carbocycles. The molecule has 1 nitrogen and oxygen atoms in total. The van der Waals surface area contributed by atoms with Gasteiger partial charge in [0, 0.05) is 22.2 Å². The summed E-state index contributed by atoms with van der Waals surface area (Å²) in [5, 5.41) is 0.795. The zero-order chi connectivity index (χ0) is 13.0. The van der Waals surface area contributed by atoms with Crippen molar-refractivity contribution < 1.29 is 4.39 Å². The van der Waals surface area contributed by atoms with E-state index in [9.17, 15) is 4.39 Å². The molecule has 0 fully saturated rings. The molecule has 2 aromatic rings. The molecule has 4 heteroatoms. The molecule has 0 spiro atoms. The van der Waals surface area contributed by atoms with Crippen LogP contribution in [0.25, 0.3) is 0 Å². The Morgan fingerprint density at radius 3 is 2.72 bits per heavy atom. The lowest BCUT2D eigenvalue weighted by molar-refractivity contribution is 0.621. The van der Waals surface area contributed by atoms with Crippen molar-refractivity contribution in [3.63, 3.8) is 0 Å². The fraction of sp³-hybridized carbons (Fsp3) is 0.214. The van der Waals surface area contributed by atoms with Crippen molar-refractivity contribution >= 4 is 31.9 Å². The lowest BCUT2D eigenvalue weighted by Crippen LogP contribution is -2.05. The molecule has 1 heterocycles. The molecule has 0 aliphatic rings. The van der Waals surface area contributed by atoms with Crippen LogP contribution in [0.3, 0.4) is 0 Å². The predicted molar refractivity (Wildman–Crippen MR) is 78.6 cm³/mol. The van der Waals surface area contributed by atoms with Crippen molar-refractivity contribution in [1.29, 1.82) is 0 Å². The molecule has 0 radical (unpaired) electrons. The normalized spacial score (nSPS) is 12.4. The van der Waals surface area contributed by atoms with Crippen molar-refractivity contribution in [3.05, 3.63) is 64.1 Å². The van der Waals surface area contributed by atoms with E-state index >= 15 is 0 Å². The molecule has 0 saturated heterocycles. The van der Waals surface area contributed by atoms with Crippen molar-refractivity contribution in [2.75, 3.05) is 5.33 Å². The van der Waals surface area contributed by atoms with Gasteiger partial charge in [-0.05, 0) is 57.6 Å². The van der Waals surface area contributed by atoms with Crippen LogP contribution >= 0.6 is 31.9 Å². The highest BCUT2D eigenvalue weighted by atomic mass is 79.9. The van der Waals surface area contributed by atoms with Gasteiger partial charge >= 0.3 is 0 Å². The Balaban J connectivity index is 2.19. The number of rotatable bonds is 4. The maximum absolute atomic E-state index is 13.2. The van der Waals surface area contributed by atoms with E-state index in [1.165, 1.54) is 6.07 Å². The standard InChI is InChI=1S/C14H12Br2FN/c15-7-12(11-2-1-3-14(17)6-11)4-10-5-13(16)9-18-8-10/h1-3,5-6,8-9,12H,4,7H2. The minimum absolute atomic E-state index is 0.189. The van der Waals surface area contributed by atoms with Crippen LogP contribution in [0, 0.1) is 5.82 Å². The van der Waals surface area contributed by atoms with Crippen LogP contribution in [0.2, 0.25) is 0 Å². The third-order valence-corrected chi connectivity index (χ3v) is 3.97. The van der Waals surface area contributed by atoms with Crippen LogP contribution in [0.4, 0.5) is 4.39 Å². The second-order valence-electron chi connectivity index (χ2n) is 4.12. The van der Waals surface area contributed by atoms with Crippen molar-refractivity contribution in [2.45, 2.75) is 12.3 Å². The number of benzene rings is 1. The summed E-state index contributed by atoms with van der Waals surface area (Å²) in [6.07, 6.45) is 4.44. The first-order chi connectivity index (χ1) is 8.69. The Labute approximate surface area is 123 Å². The van der Waals surface area contributed by atoms with E-state index in [0.717, 1.165) is 27.4 Å². The Kier molecular flexibility index (Phi) is 4.89. The summed E-state index contributed by atoms with van der Waals surface area (Å²) in [4.78, 5) is 4.15. The maximum Gasteiger partial charge on any atom is 0.123 e. The minimum atomic E-state index is -0.189. The zero-order valence-electron chi connectivity index (χ0n) is 9.61. The summed E-state index contributed by atoms with van der Waals surface area (Å²) in [6, 6.07) is 8.81. The van der Waals surface area contributed by atoms with E-state index in [4.69, 9.17) is 0 Å². The molecule has 0 amide bonds. The highest BCUT2D eigenvalue weighted by molar-refractivity contribution is 9.10. The number of halogens is 3. The fourth-order valence-electron chi connectivity index (χ4n) is 1.87. The van der Waals surface area contributed by atoms with Crippen LogP contribution in [0.15, 0.2) is 47.2 Å². The van der Waals surface area contributed by atoms with E-state index in [2.05, 4.69) is 36.8 Å². The minimum Gasteiger partial charge on any atom is -0.263 e. The Morgan fingerprint density at radius 1 is 1.22 bits per heavy atom. The van der Waals surface area contributed by atoms with Crippen LogP contribution in [-0.4, -0.2) is 10.3 Å². The van der Waals surface area contributed by atoms with E-state index < -0.39 is 0 Å². The molecule has 1 unspecified atom stereocenters. The summed E-state index contributed by atoms with van der Waals surface area (Å²) >= 11 is 6.91. The van der Waals surface area contributed by atoms with Crippen molar-refractivity contribution in [1.82, 2.24) is 4.98 Å². The molecular formula is C14H12Br2FN. The predicted octanol–water partition coefficient (Wildman–Crippen LogP) is 4.70. The Hall–Kier alpha value is -0.740. The summed E-state index contributed by atoms with van der Waals surface area (Å²) in [5.41, 5.74) is 2.14. The monoisotopic (exact) mass is 371 g/mol. The molecule has 1 atom stereocenters. The molecule has 0 N–H and O–H groups in total. The first-order valence-electron chi connectivity index (χ1n) is 5.60. The van der Waals surface area contributed by atoms with Crippen molar-refractivity contribution in [3.8, 4) is 0 Å². The van der Waals surface area contributed by atoms with Gasteiger partial charge < -0.3 is 0 Å². The average Bonchev–Trinajstić information content (AvgIpc) is 2.36. The third-order valence-electron chi connectivity index (χ3n) is 2.75. The van der Waals surface area contributed by atoms with Gasteiger partial charge in [0.25, 0.3) is 0 Å². The van der Waals surface area contributed by atoms with Gasteiger partial charge in [0.2, 0.25) is 0 Å². The van der Waals surface area contributed by atoms with Crippen LogP contribution in [0.1, 0.15) is 17.0 Å². The van der Waals surface area contributed by atoms with E-state index in [-0.39, 0.29) is 11.7 Å². The Bertz CT molecular complexity index is 531. The van der Waals surface area contributed by atoms with Crippen molar-refractivity contribution in [2.24, 2.45) is 0 Å². The van der Waals surface area contributed by atoms with Gasteiger partial charge in [0.05, 0.1) is 0 Å². The van der Waals surface area contributed by atoms with E-state index in [1.54, 1.807) is 18.3 Å². The smallest absolute Gasteiger partial charge is 0.123 e. The molecule has 0 aliphatic carbocycles. The van der Waals surface area contributed by atoms with Gasteiger partial charge in [0.15, 0.2) is 0 Å². The molecule has 94 valence electrons.